The Labute approximate surface area is 128 Å². The van der Waals surface area contributed by atoms with Crippen LogP contribution >= 0.6 is 15.9 Å². The lowest BCUT2D eigenvalue weighted by molar-refractivity contribution is 0.581. The summed E-state index contributed by atoms with van der Waals surface area (Å²) in [7, 11) is -3.46. The first-order valence-corrected chi connectivity index (χ1v) is 8.64. The summed E-state index contributed by atoms with van der Waals surface area (Å²) in [5, 5.41) is 0. The fourth-order valence-corrected chi connectivity index (χ4v) is 3.49. The van der Waals surface area contributed by atoms with Crippen LogP contribution in [0.4, 0.5) is 0 Å². The maximum absolute atomic E-state index is 12.1. The van der Waals surface area contributed by atoms with E-state index in [2.05, 4.69) is 20.7 Å². The van der Waals surface area contributed by atoms with Gasteiger partial charge < -0.3 is 0 Å². The summed E-state index contributed by atoms with van der Waals surface area (Å²) in [6.45, 7) is 2.23. The smallest absolute Gasteiger partial charge is 0.210 e. The van der Waals surface area contributed by atoms with Crippen LogP contribution in [-0.4, -0.2) is 15.0 Å². The van der Waals surface area contributed by atoms with Gasteiger partial charge in [0.2, 0.25) is 10.0 Å². The maximum Gasteiger partial charge on any atom is 0.240 e. The second-order valence-electron chi connectivity index (χ2n) is 4.54. The van der Waals surface area contributed by atoms with Gasteiger partial charge in [0, 0.05) is 6.54 Å². The van der Waals surface area contributed by atoms with Crippen LogP contribution in [0.15, 0.2) is 59.5 Å². The predicted octanol–water partition coefficient (Wildman–Crippen LogP) is 3.41. The molecule has 0 unspecified atom stereocenters. The Morgan fingerprint density at radius 2 is 1.65 bits per heavy atom. The van der Waals surface area contributed by atoms with Crippen LogP contribution in [0.3, 0.4) is 0 Å². The van der Waals surface area contributed by atoms with Gasteiger partial charge in [-0.25, -0.2) is 13.1 Å². The van der Waals surface area contributed by atoms with Crippen molar-refractivity contribution in [1.82, 2.24) is 4.72 Å². The van der Waals surface area contributed by atoms with Crippen molar-refractivity contribution in [2.24, 2.45) is 0 Å². The van der Waals surface area contributed by atoms with E-state index in [1.165, 1.54) is 0 Å². The average molecular weight is 354 g/mol. The van der Waals surface area contributed by atoms with Crippen LogP contribution in [0.5, 0.6) is 0 Å². The molecule has 0 heterocycles. The van der Waals surface area contributed by atoms with Gasteiger partial charge in [-0.15, -0.1) is 0 Å². The van der Waals surface area contributed by atoms with Crippen molar-refractivity contribution in [2.75, 3.05) is 6.54 Å². The Morgan fingerprint density at radius 3 is 2.25 bits per heavy atom. The Balaban J connectivity index is 2.04. The third-order valence-corrected chi connectivity index (χ3v) is 5.24. The molecule has 0 amide bonds. The molecule has 0 aliphatic heterocycles. The summed E-state index contributed by atoms with van der Waals surface area (Å²) >= 11 is 3.50. The lowest BCUT2D eigenvalue weighted by Gasteiger charge is -2.12. The summed E-state index contributed by atoms with van der Waals surface area (Å²) in [5.74, 6) is 0. The average Bonchev–Trinajstić information content (AvgIpc) is 2.46. The summed E-state index contributed by atoms with van der Waals surface area (Å²) in [4.78, 5) is 0.236. The molecular formula is C15H16BrNO2S. The molecule has 2 aromatic carbocycles. The second-order valence-corrected chi connectivity index (χ2v) is 7.42. The van der Waals surface area contributed by atoms with E-state index in [-0.39, 0.29) is 9.72 Å². The highest BCUT2D eigenvalue weighted by molar-refractivity contribution is 9.09. The molecule has 0 aromatic heterocycles. The summed E-state index contributed by atoms with van der Waals surface area (Å²) < 4.78 is 26.9. The molecule has 3 nitrogen and oxygen atoms in total. The molecule has 1 atom stereocenters. The topological polar surface area (TPSA) is 46.2 Å². The van der Waals surface area contributed by atoms with E-state index < -0.39 is 10.0 Å². The van der Waals surface area contributed by atoms with Crippen LogP contribution in [-0.2, 0) is 10.0 Å². The summed E-state index contributed by atoms with van der Waals surface area (Å²) in [6.07, 6.45) is 0. The Morgan fingerprint density at radius 1 is 1.05 bits per heavy atom. The number of sulfonamides is 1. The van der Waals surface area contributed by atoms with Gasteiger partial charge >= 0.3 is 0 Å². The van der Waals surface area contributed by atoms with Crippen molar-refractivity contribution in [3.8, 4) is 0 Å². The molecule has 0 radical (unpaired) electrons. The molecule has 0 saturated heterocycles. The van der Waals surface area contributed by atoms with Gasteiger partial charge in [0.15, 0.2) is 0 Å². The largest absolute Gasteiger partial charge is 0.240 e. The monoisotopic (exact) mass is 353 g/mol. The highest BCUT2D eigenvalue weighted by Crippen LogP contribution is 2.22. The number of aryl methyl sites for hydroxylation is 1. The quantitative estimate of drug-likeness (QED) is 0.837. The molecule has 0 aliphatic carbocycles. The zero-order valence-electron chi connectivity index (χ0n) is 11.1. The number of hydrogen-bond donors (Lipinski definition) is 1. The van der Waals surface area contributed by atoms with E-state index in [1.54, 1.807) is 24.3 Å². The van der Waals surface area contributed by atoms with Crippen molar-refractivity contribution >= 4 is 26.0 Å². The zero-order chi connectivity index (χ0) is 14.6. The van der Waals surface area contributed by atoms with Gasteiger partial charge in [0.1, 0.15) is 0 Å². The van der Waals surface area contributed by atoms with E-state index in [9.17, 15) is 8.42 Å². The van der Waals surface area contributed by atoms with Gasteiger partial charge in [-0.2, -0.15) is 0 Å². The summed E-state index contributed by atoms with van der Waals surface area (Å²) in [6, 6.07) is 16.5. The minimum atomic E-state index is -3.46. The number of alkyl halides is 1. The molecule has 0 bridgehead atoms. The maximum atomic E-state index is 12.1. The number of rotatable bonds is 5. The molecule has 106 valence electrons. The number of benzene rings is 2. The van der Waals surface area contributed by atoms with Crippen molar-refractivity contribution in [2.45, 2.75) is 16.6 Å². The minimum absolute atomic E-state index is 0.0519. The van der Waals surface area contributed by atoms with E-state index in [0.29, 0.717) is 6.54 Å². The van der Waals surface area contributed by atoms with Crippen LogP contribution in [0.25, 0.3) is 0 Å². The van der Waals surface area contributed by atoms with Gasteiger partial charge in [-0.1, -0.05) is 64.0 Å². The molecule has 5 heteroatoms. The van der Waals surface area contributed by atoms with Gasteiger partial charge in [-0.3, -0.25) is 0 Å². The van der Waals surface area contributed by atoms with Crippen LogP contribution < -0.4 is 4.72 Å². The first kappa shape index (κ1) is 15.2. The van der Waals surface area contributed by atoms with Crippen molar-refractivity contribution in [3.63, 3.8) is 0 Å². The molecule has 2 rings (SSSR count). The molecule has 1 N–H and O–H groups in total. The molecule has 20 heavy (non-hydrogen) atoms. The van der Waals surface area contributed by atoms with Gasteiger partial charge in [0.25, 0.3) is 0 Å². The van der Waals surface area contributed by atoms with Crippen molar-refractivity contribution in [1.29, 1.82) is 0 Å². The predicted molar refractivity (Wildman–Crippen MR) is 84.5 cm³/mol. The van der Waals surface area contributed by atoms with Crippen LogP contribution in [0, 0.1) is 6.92 Å². The fourth-order valence-electron chi connectivity index (χ4n) is 1.76. The van der Waals surface area contributed by atoms with E-state index in [4.69, 9.17) is 0 Å². The van der Waals surface area contributed by atoms with E-state index in [1.807, 2.05) is 37.3 Å². The molecule has 0 spiro atoms. The van der Waals surface area contributed by atoms with Gasteiger partial charge in [-0.05, 0) is 24.6 Å². The highest BCUT2D eigenvalue weighted by Gasteiger charge is 2.16. The van der Waals surface area contributed by atoms with E-state index >= 15 is 0 Å². The second kappa shape index (κ2) is 6.52. The van der Waals surface area contributed by atoms with Crippen molar-refractivity contribution < 1.29 is 8.42 Å². The third-order valence-electron chi connectivity index (χ3n) is 2.95. The molecule has 0 saturated carbocycles. The molecule has 0 fully saturated rings. The first-order valence-electron chi connectivity index (χ1n) is 6.24. The normalized spacial score (nSPS) is 13.1. The Hall–Kier alpha value is -1.17. The van der Waals surface area contributed by atoms with Crippen LogP contribution in [0.2, 0.25) is 0 Å². The molecular weight excluding hydrogens is 338 g/mol. The molecule has 0 aliphatic rings. The Kier molecular flexibility index (Phi) is 4.96. The number of nitrogens with one attached hydrogen (secondary N) is 1. The Bertz CT molecular complexity index is 654. The van der Waals surface area contributed by atoms with Crippen LogP contribution in [0.1, 0.15) is 16.0 Å². The SMILES string of the molecule is Cc1ccc(S(=O)(=O)NC[C@H](Br)c2ccccc2)cc1. The highest BCUT2D eigenvalue weighted by atomic mass is 79.9. The number of hydrogen-bond acceptors (Lipinski definition) is 2. The lowest BCUT2D eigenvalue weighted by atomic mass is 10.2. The third kappa shape index (κ3) is 3.91. The lowest BCUT2D eigenvalue weighted by Crippen LogP contribution is -2.26. The first-order chi connectivity index (χ1) is 9.49. The fraction of sp³-hybridized carbons (Fsp3) is 0.200. The van der Waals surface area contributed by atoms with E-state index in [0.717, 1.165) is 11.1 Å². The zero-order valence-corrected chi connectivity index (χ0v) is 13.5. The van der Waals surface area contributed by atoms with Crippen molar-refractivity contribution in [3.05, 3.63) is 65.7 Å². The number of halogens is 1. The summed E-state index contributed by atoms with van der Waals surface area (Å²) in [5.41, 5.74) is 2.07. The van der Waals surface area contributed by atoms with Gasteiger partial charge in [0.05, 0.1) is 9.72 Å². The standard InChI is InChI=1S/C15H16BrNO2S/c1-12-7-9-14(10-8-12)20(18,19)17-11-15(16)13-5-3-2-4-6-13/h2-10,15,17H,11H2,1H3/t15-/m0/s1. The minimum Gasteiger partial charge on any atom is -0.210 e. The molecule has 2 aromatic rings.